The summed E-state index contributed by atoms with van der Waals surface area (Å²) in [4.78, 5) is 4.11. The van der Waals surface area contributed by atoms with Crippen LogP contribution in [0.5, 0.6) is 0 Å². The lowest BCUT2D eigenvalue weighted by Crippen LogP contribution is -2.15. The second-order valence-electron chi connectivity index (χ2n) is 3.57. The second kappa shape index (κ2) is 7.01. The molecule has 0 amide bonds. The Kier molecular flexibility index (Phi) is 5.57. The van der Waals surface area contributed by atoms with Crippen LogP contribution in [0.2, 0.25) is 0 Å². The van der Waals surface area contributed by atoms with Crippen molar-refractivity contribution in [3.05, 3.63) is 36.2 Å². The highest BCUT2D eigenvalue weighted by Gasteiger charge is 2.06. The van der Waals surface area contributed by atoms with Crippen LogP contribution in [0, 0.1) is 0 Å². The molecule has 3 nitrogen and oxygen atoms in total. The fraction of sp³-hybridized carbons (Fsp3) is 0.462. The van der Waals surface area contributed by atoms with Gasteiger partial charge in [-0.3, -0.25) is 4.98 Å². The Morgan fingerprint density at radius 3 is 3.00 bits per heavy atom. The van der Waals surface area contributed by atoms with Crippen molar-refractivity contribution < 1.29 is 4.74 Å². The number of nitrogens with one attached hydrogen (secondary N) is 1. The van der Waals surface area contributed by atoms with Gasteiger partial charge in [0.2, 0.25) is 0 Å². The molecule has 0 spiro atoms. The summed E-state index contributed by atoms with van der Waals surface area (Å²) < 4.78 is 5.41. The summed E-state index contributed by atoms with van der Waals surface area (Å²) >= 11 is 0. The Morgan fingerprint density at radius 2 is 2.31 bits per heavy atom. The predicted octanol–water partition coefficient (Wildman–Crippen LogP) is 2.59. The number of nitrogens with zero attached hydrogens (tertiary/aromatic N) is 1. The number of pyridine rings is 1. The van der Waals surface area contributed by atoms with E-state index in [-0.39, 0.29) is 0 Å². The molecular formula is C13H20N2O. The molecule has 1 rings (SSSR count). The third-order valence-corrected chi connectivity index (χ3v) is 2.27. The van der Waals surface area contributed by atoms with E-state index >= 15 is 0 Å². The first kappa shape index (κ1) is 12.7. The molecule has 3 heteroatoms. The third-order valence-electron chi connectivity index (χ3n) is 2.27. The first-order valence-corrected chi connectivity index (χ1v) is 5.75. The maximum Gasteiger partial charge on any atom is 0.121 e. The fourth-order valence-corrected chi connectivity index (χ4v) is 1.48. The molecule has 0 bridgehead atoms. The fourth-order valence-electron chi connectivity index (χ4n) is 1.48. The largest absolute Gasteiger partial charge is 0.494 e. The Bertz CT molecular complexity index is 336. The van der Waals surface area contributed by atoms with Crippen molar-refractivity contribution in [1.29, 1.82) is 0 Å². The average molecular weight is 220 g/mol. The molecule has 0 aliphatic rings. The van der Waals surface area contributed by atoms with Crippen LogP contribution in [0.25, 0.3) is 5.76 Å². The van der Waals surface area contributed by atoms with E-state index in [2.05, 4.69) is 23.8 Å². The van der Waals surface area contributed by atoms with Crippen molar-refractivity contribution >= 4 is 5.76 Å². The predicted molar refractivity (Wildman–Crippen MR) is 66.9 cm³/mol. The molecule has 0 aliphatic heterocycles. The lowest BCUT2D eigenvalue weighted by molar-refractivity contribution is 0.298. The first-order valence-electron chi connectivity index (χ1n) is 5.75. The molecule has 0 aliphatic carbocycles. The van der Waals surface area contributed by atoms with Crippen molar-refractivity contribution in [3.8, 4) is 0 Å². The summed E-state index contributed by atoms with van der Waals surface area (Å²) in [6.07, 6.45) is 4.74. The van der Waals surface area contributed by atoms with Gasteiger partial charge in [-0.2, -0.15) is 0 Å². The molecule has 0 saturated carbocycles. The number of aromatic nitrogens is 1. The lowest BCUT2D eigenvalue weighted by atomic mass is 10.1. The molecule has 0 fully saturated rings. The minimum absolute atomic E-state index is 0.634. The monoisotopic (exact) mass is 220 g/mol. The molecule has 1 N–H and O–H groups in total. The molecule has 0 radical (unpaired) electrons. The zero-order chi connectivity index (χ0) is 11.8. The van der Waals surface area contributed by atoms with E-state index in [0.29, 0.717) is 12.4 Å². The van der Waals surface area contributed by atoms with Crippen LogP contribution in [0.4, 0.5) is 0 Å². The van der Waals surface area contributed by atoms with Crippen LogP contribution in [0.3, 0.4) is 0 Å². The van der Waals surface area contributed by atoms with Gasteiger partial charge in [-0.15, -0.1) is 0 Å². The van der Waals surface area contributed by atoms with Gasteiger partial charge in [-0.25, -0.2) is 0 Å². The van der Waals surface area contributed by atoms with Crippen LogP contribution >= 0.6 is 0 Å². The molecule has 0 saturated heterocycles. The van der Waals surface area contributed by atoms with Crippen molar-refractivity contribution in [2.45, 2.75) is 26.8 Å². The van der Waals surface area contributed by atoms with Gasteiger partial charge < -0.3 is 10.1 Å². The summed E-state index contributed by atoms with van der Waals surface area (Å²) in [6.45, 7) is 10.5. The molecule has 0 aromatic carbocycles. The van der Waals surface area contributed by atoms with Gasteiger partial charge in [0.1, 0.15) is 5.76 Å². The van der Waals surface area contributed by atoms with Gasteiger partial charge >= 0.3 is 0 Å². The zero-order valence-corrected chi connectivity index (χ0v) is 10.1. The van der Waals surface area contributed by atoms with Crippen molar-refractivity contribution in [1.82, 2.24) is 10.3 Å². The number of hydrogen-bond acceptors (Lipinski definition) is 3. The maximum absolute atomic E-state index is 5.41. The minimum Gasteiger partial charge on any atom is -0.494 e. The molecule has 0 unspecified atom stereocenters. The number of rotatable bonds is 7. The summed E-state index contributed by atoms with van der Waals surface area (Å²) in [5.74, 6) is 0.698. The molecule has 88 valence electrons. The average Bonchev–Trinajstić information content (AvgIpc) is 2.30. The second-order valence-corrected chi connectivity index (χ2v) is 3.57. The quantitative estimate of drug-likeness (QED) is 0.566. The maximum atomic E-state index is 5.41. The van der Waals surface area contributed by atoms with E-state index in [0.717, 1.165) is 25.1 Å². The van der Waals surface area contributed by atoms with Crippen LogP contribution in [-0.2, 0) is 11.3 Å². The number of hydrogen-bond donors (Lipinski definition) is 1. The highest BCUT2D eigenvalue weighted by Crippen LogP contribution is 2.17. The molecular weight excluding hydrogens is 200 g/mol. The summed E-state index contributed by atoms with van der Waals surface area (Å²) in [7, 11) is 0. The topological polar surface area (TPSA) is 34.1 Å². The van der Waals surface area contributed by atoms with E-state index in [1.165, 1.54) is 5.56 Å². The molecule has 1 aromatic rings. The number of ether oxygens (including phenoxy) is 1. The smallest absolute Gasteiger partial charge is 0.121 e. The first-order chi connectivity index (χ1) is 7.79. The van der Waals surface area contributed by atoms with Crippen LogP contribution in [0.1, 0.15) is 31.4 Å². The van der Waals surface area contributed by atoms with Crippen LogP contribution in [0.15, 0.2) is 25.0 Å². The SMILES string of the molecule is C=C(OCC)c1cnccc1CNCCC. The molecule has 16 heavy (non-hydrogen) atoms. The Labute approximate surface area is 97.5 Å². The minimum atomic E-state index is 0.634. The Balaban J connectivity index is 2.71. The van der Waals surface area contributed by atoms with Crippen molar-refractivity contribution in [2.75, 3.05) is 13.2 Å². The molecule has 1 heterocycles. The zero-order valence-electron chi connectivity index (χ0n) is 10.1. The normalized spacial score (nSPS) is 10.1. The Hall–Kier alpha value is -1.35. The third kappa shape index (κ3) is 3.66. The van der Waals surface area contributed by atoms with Crippen molar-refractivity contribution in [3.63, 3.8) is 0 Å². The Morgan fingerprint density at radius 1 is 1.50 bits per heavy atom. The van der Waals surface area contributed by atoms with Crippen molar-refractivity contribution in [2.24, 2.45) is 0 Å². The van der Waals surface area contributed by atoms with Crippen LogP contribution in [-0.4, -0.2) is 18.1 Å². The van der Waals surface area contributed by atoms with Crippen LogP contribution < -0.4 is 5.32 Å². The summed E-state index contributed by atoms with van der Waals surface area (Å²) in [5.41, 5.74) is 2.18. The molecule has 0 atom stereocenters. The summed E-state index contributed by atoms with van der Waals surface area (Å²) in [6, 6.07) is 2.00. The highest BCUT2D eigenvalue weighted by atomic mass is 16.5. The van der Waals surface area contributed by atoms with Gasteiger partial charge in [-0.1, -0.05) is 13.5 Å². The highest BCUT2D eigenvalue weighted by molar-refractivity contribution is 5.59. The van der Waals surface area contributed by atoms with E-state index in [9.17, 15) is 0 Å². The lowest BCUT2D eigenvalue weighted by Gasteiger charge is -2.12. The van der Waals surface area contributed by atoms with E-state index < -0.39 is 0 Å². The van der Waals surface area contributed by atoms with E-state index in [4.69, 9.17) is 4.74 Å². The van der Waals surface area contributed by atoms with Gasteiger partial charge in [-0.05, 0) is 31.5 Å². The van der Waals surface area contributed by atoms with Gasteiger partial charge in [0.15, 0.2) is 0 Å². The standard InChI is InChI=1S/C13H20N2O/c1-4-7-14-9-12-6-8-15-10-13(12)11(3)16-5-2/h6,8,10,14H,3-5,7,9H2,1-2H3. The van der Waals surface area contributed by atoms with E-state index in [1.54, 1.807) is 12.4 Å². The van der Waals surface area contributed by atoms with Gasteiger partial charge in [0.05, 0.1) is 6.61 Å². The van der Waals surface area contributed by atoms with Gasteiger partial charge in [0.25, 0.3) is 0 Å². The van der Waals surface area contributed by atoms with Gasteiger partial charge in [0, 0.05) is 24.5 Å². The summed E-state index contributed by atoms with van der Waals surface area (Å²) in [5, 5.41) is 3.36. The molecule has 1 aromatic heterocycles. The van der Waals surface area contributed by atoms with E-state index in [1.807, 2.05) is 13.0 Å².